The number of thiophene rings is 1. The van der Waals surface area contributed by atoms with E-state index in [1.165, 1.54) is 4.88 Å². The number of nitrogens with one attached hydrogen (secondary N) is 2. The first-order valence-electron chi connectivity index (χ1n) is 7.28. The Morgan fingerprint density at radius 3 is 2.65 bits per heavy atom. The second kappa shape index (κ2) is 7.78. The zero-order valence-electron chi connectivity index (χ0n) is 13.4. The van der Waals surface area contributed by atoms with E-state index in [9.17, 15) is 9.59 Å². The van der Waals surface area contributed by atoms with Gasteiger partial charge in [0.1, 0.15) is 5.75 Å². The topological polar surface area (TPSA) is 67.4 Å². The minimum Gasteiger partial charge on any atom is -0.497 e. The van der Waals surface area contributed by atoms with Crippen molar-refractivity contribution in [2.45, 2.75) is 19.8 Å². The summed E-state index contributed by atoms with van der Waals surface area (Å²) in [7, 11) is 1.58. The average Bonchev–Trinajstić information content (AvgIpc) is 3.08. The first-order chi connectivity index (χ1) is 11.0. The lowest BCUT2D eigenvalue weighted by molar-refractivity contribution is -0.136. The van der Waals surface area contributed by atoms with Gasteiger partial charge in [-0.3, -0.25) is 9.59 Å². The minimum atomic E-state index is -0.670. The molecule has 0 saturated heterocycles. The van der Waals surface area contributed by atoms with Crippen molar-refractivity contribution in [2.75, 3.05) is 19.0 Å². The second-order valence-corrected chi connectivity index (χ2v) is 6.24. The fourth-order valence-electron chi connectivity index (χ4n) is 2.08. The van der Waals surface area contributed by atoms with Crippen LogP contribution in [0.15, 0.2) is 35.7 Å². The van der Waals surface area contributed by atoms with Crippen molar-refractivity contribution in [1.82, 2.24) is 5.32 Å². The number of aryl methyl sites for hydroxylation is 1. The molecule has 23 heavy (non-hydrogen) atoms. The molecule has 2 rings (SSSR count). The van der Waals surface area contributed by atoms with Gasteiger partial charge in [-0.25, -0.2) is 0 Å². The number of hydrogen-bond acceptors (Lipinski definition) is 4. The number of ether oxygens (including phenoxy) is 1. The van der Waals surface area contributed by atoms with Gasteiger partial charge in [-0.2, -0.15) is 0 Å². The van der Waals surface area contributed by atoms with Crippen LogP contribution in [-0.4, -0.2) is 25.5 Å². The van der Waals surface area contributed by atoms with Crippen LogP contribution in [0.1, 0.15) is 23.3 Å². The molecule has 6 heteroatoms. The summed E-state index contributed by atoms with van der Waals surface area (Å²) in [6, 6.07) is 9.24. The summed E-state index contributed by atoms with van der Waals surface area (Å²) < 4.78 is 5.11. The highest BCUT2D eigenvalue weighted by molar-refractivity contribution is 7.10. The highest BCUT2D eigenvalue weighted by Crippen LogP contribution is 2.21. The Labute approximate surface area is 139 Å². The van der Waals surface area contributed by atoms with Crippen LogP contribution >= 0.6 is 11.3 Å². The second-order valence-electron chi connectivity index (χ2n) is 5.26. The maximum atomic E-state index is 12.0. The normalized spacial score (nSPS) is 11.6. The first kappa shape index (κ1) is 17.0. The third kappa shape index (κ3) is 4.56. The van der Waals surface area contributed by atoms with Crippen LogP contribution in [0.2, 0.25) is 0 Å². The lowest BCUT2D eigenvalue weighted by Crippen LogP contribution is -2.37. The maximum absolute atomic E-state index is 12.0. The molecule has 0 aliphatic carbocycles. The molecule has 0 saturated carbocycles. The molecule has 122 valence electrons. The molecule has 2 amide bonds. The molecule has 1 heterocycles. The van der Waals surface area contributed by atoms with Gasteiger partial charge in [0.05, 0.1) is 7.11 Å². The largest absolute Gasteiger partial charge is 0.497 e. The summed E-state index contributed by atoms with van der Waals surface area (Å²) in [4.78, 5) is 25.1. The molecule has 1 unspecified atom stereocenters. The fraction of sp³-hybridized carbons (Fsp3) is 0.294. The molecule has 1 aromatic heterocycles. The lowest BCUT2D eigenvalue weighted by Gasteiger charge is -2.12. The van der Waals surface area contributed by atoms with E-state index in [4.69, 9.17) is 4.74 Å². The zero-order valence-corrected chi connectivity index (χ0v) is 14.2. The zero-order chi connectivity index (χ0) is 16.8. The van der Waals surface area contributed by atoms with Crippen molar-refractivity contribution in [3.05, 3.63) is 46.2 Å². The van der Waals surface area contributed by atoms with Crippen LogP contribution in [-0.2, 0) is 9.59 Å². The third-order valence-corrected chi connectivity index (χ3v) is 4.59. The summed E-state index contributed by atoms with van der Waals surface area (Å²) in [5.74, 6) is -0.426. The quantitative estimate of drug-likeness (QED) is 0.827. The number of carbonyl (C=O) groups excluding carboxylic acids is 2. The molecule has 2 N–H and O–H groups in total. The molecule has 0 aliphatic rings. The van der Waals surface area contributed by atoms with Crippen LogP contribution in [0.4, 0.5) is 5.69 Å². The lowest BCUT2D eigenvalue weighted by atomic mass is 10.1. The molecule has 2 aromatic rings. The van der Waals surface area contributed by atoms with Crippen molar-refractivity contribution in [2.24, 2.45) is 0 Å². The summed E-state index contributed by atoms with van der Waals surface area (Å²) in [6.45, 7) is 4.28. The summed E-state index contributed by atoms with van der Waals surface area (Å²) in [5.41, 5.74) is 1.43. The van der Waals surface area contributed by atoms with E-state index in [0.717, 1.165) is 5.56 Å². The Hall–Kier alpha value is -2.34. The molecule has 5 nitrogen and oxygen atoms in total. The van der Waals surface area contributed by atoms with Gasteiger partial charge in [-0.15, -0.1) is 11.3 Å². The number of methoxy groups -OCH3 is 1. The van der Waals surface area contributed by atoms with Crippen molar-refractivity contribution < 1.29 is 14.3 Å². The molecule has 0 spiro atoms. The molecule has 0 bridgehead atoms. The van der Waals surface area contributed by atoms with Gasteiger partial charge in [0.15, 0.2) is 0 Å². The van der Waals surface area contributed by atoms with E-state index in [1.807, 2.05) is 31.4 Å². The van der Waals surface area contributed by atoms with Gasteiger partial charge >= 0.3 is 11.8 Å². The van der Waals surface area contributed by atoms with Gasteiger partial charge in [-0.05, 0) is 42.1 Å². The van der Waals surface area contributed by atoms with E-state index < -0.39 is 11.8 Å². The monoisotopic (exact) mass is 332 g/mol. The summed E-state index contributed by atoms with van der Waals surface area (Å²) >= 11 is 1.64. The molecular formula is C17H20N2O3S. The van der Waals surface area contributed by atoms with Crippen molar-refractivity contribution in [3.63, 3.8) is 0 Å². The molecule has 0 radical (unpaired) electrons. The molecular weight excluding hydrogens is 312 g/mol. The van der Waals surface area contributed by atoms with E-state index >= 15 is 0 Å². The third-order valence-electron chi connectivity index (χ3n) is 3.49. The smallest absolute Gasteiger partial charge is 0.313 e. The Morgan fingerprint density at radius 2 is 2.04 bits per heavy atom. The van der Waals surface area contributed by atoms with Gasteiger partial charge in [0.25, 0.3) is 0 Å². The van der Waals surface area contributed by atoms with Crippen LogP contribution in [0.3, 0.4) is 0 Å². The molecule has 0 fully saturated rings. The highest BCUT2D eigenvalue weighted by Gasteiger charge is 2.16. The SMILES string of the molecule is COc1ccc(NC(=O)C(=O)NCC(C)c2cccs2)c(C)c1. The van der Waals surface area contributed by atoms with Gasteiger partial charge in [-0.1, -0.05) is 13.0 Å². The van der Waals surface area contributed by atoms with Crippen molar-refractivity contribution in [1.29, 1.82) is 0 Å². The molecule has 1 aromatic carbocycles. The summed E-state index contributed by atoms with van der Waals surface area (Å²) in [5, 5.41) is 7.27. The summed E-state index contributed by atoms with van der Waals surface area (Å²) in [6.07, 6.45) is 0. The highest BCUT2D eigenvalue weighted by atomic mass is 32.1. The Bertz CT molecular complexity index is 683. The van der Waals surface area contributed by atoms with Crippen molar-refractivity contribution >= 4 is 28.8 Å². The number of benzene rings is 1. The molecule has 1 atom stereocenters. The first-order valence-corrected chi connectivity index (χ1v) is 8.16. The Kier molecular flexibility index (Phi) is 5.76. The Balaban J connectivity index is 1.89. The number of rotatable bonds is 5. The Morgan fingerprint density at radius 1 is 1.26 bits per heavy atom. The minimum absolute atomic E-state index is 0.175. The predicted octanol–water partition coefficient (Wildman–Crippen LogP) is 2.92. The molecule has 0 aliphatic heterocycles. The van der Waals surface area contributed by atoms with E-state index in [0.29, 0.717) is 18.0 Å². The average molecular weight is 332 g/mol. The van der Waals surface area contributed by atoms with E-state index in [1.54, 1.807) is 36.6 Å². The number of amides is 2. The number of hydrogen-bond donors (Lipinski definition) is 2. The van der Waals surface area contributed by atoms with E-state index in [2.05, 4.69) is 10.6 Å². The van der Waals surface area contributed by atoms with Gasteiger partial charge in [0.2, 0.25) is 0 Å². The van der Waals surface area contributed by atoms with Crippen molar-refractivity contribution in [3.8, 4) is 5.75 Å². The van der Waals surface area contributed by atoms with Crippen LogP contribution in [0, 0.1) is 6.92 Å². The van der Waals surface area contributed by atoms with Gasteiger partial charge < -0.3 is 15.4 Å². The number of anilines is 1. The fourth-order valence-corrected chi connectivity index (χ4v) is 2.87. The van der Waals surface area contributed by atoms with E-state index in [-0.39, 0.29) is 5.92 Å². The van der Waals surface area contributed by atoms with Crippen LogP contribution < -0.4 is 15.4 Å². The predicted molar refractivity (Wildman–Crippen MR) is 92.1 cm³/mol. The van der Waals surface area contributed by atoms with Gasteiger partial charge in [0, 0.05) is 23.0 Å². The van der Waals surface area contributed by atoms with Crippen LogP contribution in [0.25, 0.3) is 0 Å². The standard InChI is InChI=1S/C17H20N2O3S/c1-11-9-13(22-3)6-7-14(11)19-17(21)16(20)18-10-12(2)15-5-4-8-23-15/h4-9,12H,10H2,1-3H3,(H,18,20)(H,19,21). The maximum Gasteiger partial charge on any atom is 0.313 e. The van der Waals surface area contributed by atoms with Crippen LogP contribution in [0.5, 0.6) is 5.75 Å². The number of carbonyl (C=O) groups is 2.